The second-order valence-corrected chi connectivity index (χ2v) is 12.9. The van der Waals surface area contributed by atoms with E-state index in [9.17, 15) is 15.0 Å². The summed E-state index contributed by atoms with van der Waals surface area (Å²) in [6.45, 7) is 10.3. The summed E-state index contributed by atoms with van der Waals surface area (Å²) in [7, 11) is 0. The number of carbonyl (C=O) groups is 1. The van der Waals surface area contributed by atoms with E-state index < -0.39 is 5.60 Å². The average Bonchev–Trinajstić information content (AvgIpc) is 3.39. The van der Waals surface area contributed by atoms with Crippen molar-refractivity contribution in [2.45, 2.75) is 109 Å². The number of hydrogen-bond donors (Lipinski definition) is 3. The Balaban J connectivity index is 1.39. The van der Waals surface area contributed by atoms with E-state index in [1.165, 1.54) is 11.1 Å². The molecule has 6 nitrogen and oxygen atoms in total. The van der Waals surface area contributed by atoms with Crippen LogP contribution in [0.2, 0.25) is 0 Å². The molecule has 0 aromatic rings. The molecule has 0 radical (unpaired) electrons. The third kappa shape index (κ3) is 4.27. The molecule has 2 amide bonds. The maximum Gasteiger partial charge on any atom is 0.317 e. The first kappa shape index (κ1) is 25.3. The number of carbonyl (C=O) groups excluding carboxylic acids is 1. The van der Waals surface area contributed by atoms with Crippen molar-refractivity contribution in [2.75, 3.05) is 19.7 Å². The zero-order valence-corrected chi connectivity index (χ0v) is 22.2. The van der Waals surface area contributed by atoms with Gasteiger partial charge in [0.25, 0.3) is 0 Å². The first-order valence-electron chi connectivity index (χ1n) is 14.0. The van der Waals surface area contributed by atoms with Gasteiger partial charge in [0.05, 0.1) is 24.4 Å². The lowest BCUT2D eigenvalue weighted by atomic mass is 9.50. The number of aliphatic hydroxyl groups is 2. The Bertz CT molecular complexity index is 893. The van der Waals surface area contributed by atoms with Crippen LogP contribution in [0.25, 0.3) is 0 Å². The van der Waals surface area contributed by atoms with Crippen LogP contribution in [0.5, 0.6) is 0 Å². The van der Waals surface area contributed by atoms with E-state index in [0.717, 1.165) is 64.4 Å². The Morgan fingerprint density at radius 2 is 1.91 bits per heavy atom. The van der Waals surface area contributed by atoms with Gasteiger partial charge in [0.1, 0.15) is 0 Å². The molecular formula is C29H46N2O4. The van der Waals surface area contributed by atoms with Crippen molar-refractivity contribution >= 4 is 6.03 Å². The number of amides is 2. The fraction of sp³-hybridized carbons (Fsp3) is 0.828. The molecule has 1 heterocycles. The van der Waals surface area contributed by atoms with Gasteiger partial charge < -0.3 is 25.2 Å². The fourth-order valence-corrected chi connectivity index (χ4v) is 8.26. The van der Waals surface area contributed by atoms with Crippen molar-refractivity contribution in [2.24, 2.45) is 22.7 Å². The first-order chi connectivity index (χ1) is 16.6. The van der Waals surface area contributed by atoms with Crippen molar-refractivity contribution in [3.63, 3.8) is 0 Å². The molecule has 4 fully saturated rings. The van der Waals surface area contributed by atoms with Gasteiger partial charge in [0.15, 0.2) is 0 Å². The molecule has 0 unspecified atom stereocenters. The summed E-state index contributed by atoms with van der Waals surface area (Å²) in [5, 5.41) is 25.6. The van der Waals surface area contributed by atoms with Crippen LogP contribution in [0.1, 0.15) is 85.5 Å². The molecule has 6 heteroatoms. The highest BCUT2D eigenvalue weighted by Gasteiger charge is 2.62. The lowest BCUT2D eigenvalue weighted by Gasteiger charge is -2.56. The Labute approximate surface area is 211 Å². The smallest absolute Gasteiger partial charge is 0.317 e. The van der Waals surface area contributed by atoms with Gasteiger partial charge in [-0.15, -0.1) is 0 Å². The van der Waals surface area contributed by atoms with Crippen LogP contribution in [0.3, 0.4) is 0 Å². The van der Waals surface area contributed by atoms with Gasteiger partial charge in [0, 0.05) is 24.6 Å². The van der Waals surface area contributed by atoms with Gasteiger partial charge in [-0.3, -0.25) is 0 Å². The highest BCUT2D eigenvalue weighted by molar-refractivity contribution is 5.74. The van der Waals surface area contributed by atoms with Gasteiger partial charge >= 0.3 is 6.03 Å². The normalized spacial score (nSPS) is 42.6. The lowest BCUT2D eigenvalue weighted by molar-refractivity contribution is -0.0991. The first-order valence-corrected chi connectivity index (χ1v) is 14.0. The largest absolute Gasteiger partial charge is 0.393 e. The lowest BCUT2D eigenvalue weighted by Crippen LogP contribution is -2.59. The highest BCUT2D eigenvalue weighted by atomic mass is 16.5. The van der Waals surface area contributed by atoms with Gasteiger partial charge in [0.2, 0.25) is 0 Å². The van der Waals surface area contributed by atoms with Gasteiger partial charge in [-0.05, 0) is 88.9 Å². The van der Waals surface area contributed by atoms with Gasteiger partial charge in [-0.1, -0.05) is 37.1 Å². The van der Waals surface area contributed by atoms with Crippen LogP contribution >= 0.6 is 0 Å². The van der Waals surface area contributed by atoms with E-state index in [2.05, 4.69) is 31.3 Å². The summed E-state index contributed by atoms with van der Waals surface area (Å²) in [6, 6.07) is -0.0444. The van der Waals surface area contributed by atoms with E-state index in [-0.39, 0.29) is 35.1 Å². The molecule has 3 N–H and O–H groups in total. The molecule has 0 aromatic carbocycles. The minimum absolute atomic E-state index is 0.0506. The standard InChI is InChI=1S/C29H46N2O4/c1-19(2)30-26(33)31(17-22-6-5-15-35-22)18-29(34)14-11-25-23-8-7-20-16-21(32)9-12-27(20,3)24(23)10-13-28(25,29)4/h7-8,19,21-22,24-25,32,34H,5-6,9-18H2,1-4H3,(H,30,33)/t21-,22+,24-,25-,27-,28-,29+/m0/s1. The van der Waals surface area contributed by atoms with Crippen LogP contribution in [0, 0.1) is 22.7 Å². The Morgan fingerprint density at radius 1 is 1.14 bits per heavy atom. The van der Waals surface area contributed by atoms with E-state index in [1.807, 2.05) is 18.7 Å². The van der Waals surface area contributed by atoms with Crippen molar-refractivity contribution in [1.29, 1.82) is 0 Å². The van der Waals surface area contributed by atoms with E-state index in [0.29, 0.717) is 24.9 Å². The molecule has 0 bridgehead atoms. The van der Waals surface area contributed by atoms with Crippen LogP contribution in [0.15, 0.2) is 23.3 Å². The maximum atomic E-state index is 13.2. The number of ether oxygens (including phenoxy) is 1. The summed E-state index contributed by atoms with van der Waals surface area (Å²) >= 11 is 0. The third-order valence-electron chi connectivity index (χ3n) is 10.5. The molecule has 7 atom stereocenters. The minimum atomic E-state index is -0.913. The predicted octanol–water partition coefficient (Wildman–Crippen LogP) is 4.56. The molecular weight excluding hydrogens is 440 g/mol. The zero-order chi connectivity index (χ0) is 25.0. The molecule has 1 aliphatic heterocycles. The summed E-state index contributed by atoms with van der Waals surface area (Å²) in [5.41, 5.74) is 1.89. The number of aliphatic hydroxyl groups excluding tert-OH is 1. The molecule has 0 spiro atoms. The molecule has 5 rings (SSSR count). The number of nitrogens with zero attached hydrogens (tertiary/aromatic N) is 1. The van der Waals surface area contributed by atoms with E-state index in [1.54, 1.807) is 0 Å². The van der Waals surface area contributed by atoms with Crippen LogP contribution in [0.4, 0.5) is 4.79 Å². The number of allylic oxidation sites excluding steroid dienone is 3. The number of urea groups is 1. The van der Waals surface area contributed by atoms with Gasteiger partial charge in [-0.25, -0.2) is 4.79 Å². The molecule has 196 valence electrons. The maximum absolute atomic E-state index is 13.2. The molecule has 4 aliphatic carbocycles. The second-order valence-electron chi connectivity index (χ2n) is 12.9. The Kier molecular flexibility index (Phi) is 6.63. The van der Waals surface area contributed by atoms with Crippen LogP contribution < -0.4 is 5.32 Å². The highest BCUT2D eigenvalue weighted by Crippen LogP contribution is 2.66. The fourth-order valence-electron chi connectivity index (χ4n) is 8.26. The monoisotopic (exact) mass is 486 g/mol. The minimum Gasteiger partial charge on any atom is -0.393 e. The average molecular weight is 487 g/mol. The zero-order valence-electron chi connectivity index (χ0n) is 22.2. The van der Waals surface area contributed by atoms with E-state index >= 15 is 0 Å². The molecule has 0 aromatic heterocycles. The second kappa shape index (κ2) is 9.18. The summed E-state index contributed by atoms with van der Waals surface area (Å²) in [6.07, 6.45) is 12.9. The number of fused-ring (bicyclic) bond motifs is 5. The van der Waals surface area contributed by atoms with E-state index in [4.69, 9.17) is 4.74 Å². The molecule has 35 heavy (non-hydrogen) atoms. The molecule has 5 aliphatic rings. The van der Waals surface area contributed by atoms with Crippen LogP contribution in [-0.4, -0.2) is 64.7 Å². The van der Waals surface area contributed by atoms with Crippen LogP contribution in [-0.2, 0) is 4.74 Å². The van der Waals surface area contributed by atoms with Crippen molar-refractivity contribution < 1.29 is 19.7 Å². The molecule has 3 saturated carbocycles. The number of hydrogen-bond acceptors (Lipinski definition) is 4. The summed E-state index contributed by atoms with van der Waals surface area (Å²) < 4.78 is 5.87. The van der Waals surface area contributed by atoms with Crippen molar-refractivity contribution in [3.8, 4) is 0 Å². The van der Waals surface area contributed by atoms with Gasteiger partial charge in [-0.2, -0.15) is 0 Å². The quantitative estimate of drug-likeness (QED) is 0.532. The Hall–Kier alpha value is -1.37. The Morgan fingerprint density at radius 3 is 2.63 bits per heavy atom. The van der Waals surface area contributed by atoms with Crippen molar-refractivity contribution in [1.82, 2.24) is 10.2 Å². The SMILES string of the molecule is CC(C)NC(=O)N(C[C@H]1CCCO1)C[C@]1(O)CC[C@H]2C3=CC=C4C[C@@H](O)CC[C@]4(C)[C@H]3CC[C@@]21C. The topological polar surface area (TPSA) is 82.0 Å². The third-order valence-corrected chi connectivity index (χ3v) is 10.5. The predicted molar refractivity (Wildman–Crippen MR) is 137 cm³/mol. The number of nitrogens with one attached hydrogen (secondary N) is 1. The molecule has 1 saturated heterocycles. The summed E-state index contributed by atoms with van der Waals surface area (Å²) in [4.78, 5) is 15.0. The number of rotatable bonds is 5. The van der Waals surface area contributed by atoms with Crippen molar-refractivity contribution in [3.05, 3.63) is 23.3 Å². The summed E-state index contributed by atoms with van der Waals surface area (Å²) in [5.74, 6) is 0.841.